The predicted octanol–water partition coefficient (Wildman–Crippen LogP) is -1.82. The molecule has 0 atom stereocenters. The lowest BCUT2D eigenvalue weighted by atomic mass is 10.5. The fourth-order valence-electron chi connectivity index (χ4n) is 0.309. The summed E-state index contributed by atoms with van der Waals surface area (Å²) in [6.07, 6.45) is 0. The van der Waals surface area contributed by atoms with Gasteiger partial charge in [-0.05, 0) is 0 Å². The molecule has 0 saturated carbocycles. The number of primary amides is 2. The van der Waals surface area contributed by atoms with E-state index in [-0.39, 0.29) is 20.5 Å². The number of hydrogen-bond donors (Lipinski definition) is 3. The van der Waals surface area contributed by atoms with Crippen LogP contribution in [0.1, 0.15) is 7.43 Å². The number of hydrogen-bond acceptors (Lipinski definition) is 3. The Balaban J connectivity index is 0. The highest BCUT2D eigenvalue weighted by Crippen LogP contribution is 1.56. The second kappa shape index (κ2) is 6.03. The summed E-state index contributed by atoms with van der Waals surface area (Å²) < 4.78 is 0. The summed E-state index contributed by atoms with van der Waals surface area (Å²) in [7, 11) is 0. The van der Waals surface area contributed by atoms with Crippen LogP contribution in [0.2, 0.25) is 0 Å². The lowest BCUT2D eigenvalue weighted by Gasteiger charge is -1.94. The summed E-state index contributed by atoms with van der Waals surface area (Å²) >= 11 is 0. The van der Waals surface area contributed by atoms with Crippen LogP contribution in [0, 0.1) is 0 Å². The summed E-state index contributed by atoms with van der Waals surface area (Å²) in [5, 5.41) is 2.44. The van der Waals surface area contributed by atoms with Gasteiger partial charge in [0, 0.05) is 0 Å². The van der Waals surface area contributed by atoms with Crippen LogP contribution in [0.25, 0.3) is 0 Å². The first-order valence-corrected chi connectivity index (χ1v) is 2.40. The van der Waals surface area contributed by atoms with Crippen molar-refractivity contribution < 1.29 is 9.59 Å². The van der Waals surface area contributed by atoms with Crippen LogP contribution in [0.3, 0.4) is 0 Å². The molecule has 0 rings (SSSR count). The number of nitrogens with two attached hydrogens (primary N) is 2. The van der Waals surface area contributed by atoms with Crippen LogP contribution in [-0.4, -0.2) is 24.9 Å². The zero-order valence-electron chi connectivity index (χ0n) is 4.89. The second-order valence-electron chi connectivity index (χ2n) is 1.54. The lowest BCUT2D eigenvalue weighted by molar-refractivity contribution is -0.118. The molecule has 0 heterocycles. The number of rotatable bonds is 4. The summed E-state index contributed by atoms with van der Waals surface area (Å²) in [5.41, 5.74) is 9.45. The molecule has 2 amide bonds. The van der Waals surface area contributed by atoms with Crippen LogP contribution in [0.5, 0.6) is 0 Å². The average molecular weight is 147 g/mol. The van der Waals surface area contributed by atoms with Crippen LogP contribution >= 0.6 is 0 Å². The third-order valence-electron chi connectivity index (χ3n) is 0.598. The Hall–Kier alpha value is -1.10. The van der Waals surface area contributed by atoms with Crippen molar-refractivity contribution in [2.24, 2.45) is 11.5 Å². The van der Waals surface area contributed by atoms with Crippen molar-refractivity contribution in [3.63, 3.8) is 0 Å². The molecular formula is C5H13N3O2. The van der Waals surface area contributed by atoms with Crippen molar-refractivity contribution in [1.29, 1.82) is 0 Å². The van der Waals surface area contributed by atoms with E-state index in [1.165, 1.54) is 0 Å². The van der Waals surface area contributed by atoms with E-state index in [0.717, 1.165) is 0 Å². The van der Waals surface area contributed by atoms with E-state index >= 15 is 0 Å². The monoisotopic (exact) mass is 147 g/mol. The third kappa shape index (κ3) is 10.0. The summed E-state index contributed by atoms with van der Waals surface area (Å²) in [5.74, 6) is -1.01. The van der Waals surface area contributed by atoms with E-state index in [1.807, 2.05) is 0 Å². The van der Waals surface area contributed by atoms with Gasteiger partial charge in [0.15, 0.2) is 0 Å². The maximum atomic E-state index is 9.99. The van der Waals surface area contributed by atoms with Crippen LogP contribution in [-0.2, 0) is 9.59 Å². The average Bonchev–Trinajstić information content (AvgIpc) is 1.63. The van der Waals surface area contributed by atoms with Crippen molar-refractivity contribution in [3.8, 4) is 0 Å². The molecule has 0 saturated heterocycles. The quantitative estimate of drug-likeness (QED) is 0.436. The predicted molar refractivity (Wildman–Crippen MR) is 38.0 cm³/mol. The van der Waals surface area contributed by atoms with Crippen LogP contribution in [0.15, 0.2) is 0 Å². The van der Waals surface area contributed by atoms with Gasteiger partial charge >= 0.3 is 0 Å². The Labute approximate surface area is 59.8 Å². The molecule has 0 aliphatic carbocycles. The normalized spacial score (nSPS) is 8.00. The number of carbonyl (C=O) groups excluding carboxylic acids is 2. The molecule has 0 fully saturated rings. The highest BCUT2D eigenvalue weighted by Gasteiger charge is 1.94. The van der Waals surface area contributed by atoms with Gasteiger partial charge in [-0.15, -0.1) is 0 Å². The van der Waals surface area contributed by atoms with Gasteiger partial charge in [-0.25, -0.2) is 0 Å². The van der Waals surface area contributed by atoms with Gasteiger partial charge in [-0.2, -0.15) is 0 Å². The van der Waals surface area contributed by atoms with Crippen molar-refractivity contribution >= 4 is 11.8 Å². The maximum absolute atomic E-state index is 9.99. The van der Waals surface area contributed by atoms with E-state index in [0.29, 0.717) is 0 Å². The van der Waals surface area contributed by atoms with Gasteiger partial charge in [0.25, 0.3) is 0 Å². The highest BCUT2D eigenvalue weighted by atomic mass is 16.2. The molecule has 0 aliphatic rings. The fourth-order valence-corrected chi connectivity index (χ4v) is 0.309. The molecule has 5 nitrogen and oxygen atoms in total. The molecule has 5 heteroatoms. The van der Waals surface area contributed by atoms with Gasteiger partial charge in [0.1, 0.15) is 0 Å². The Bertz CT molecular complexity index is 110. The molecule has 0 bridgehead atoms. The molecule has 0 aromatic carbocycles. The van der Waals surface area contributed by atoms with Gasteiger partial charge in [0.05, 0.1) is 13.1 Å². The van der Waals surface area contributed by atoms with Gasteiger partial charge in [0.2, 0.25) is 11.8 Å². The first-order valence-electron chi connectivity index (χ1n) is 2.40. The van der Waals surface area contributed by atoms with Crippen molar-refractivity contribution in [3.05, 3.63) is 0 Å². The molecule has 5 N–H and O–H groups in total. The van der Waals surface area contributed by atoms with Crippen molar-refractivity contribution in [2.45, 2.75) is 7.43 Å². The minimum atomic E-state index is -0.503. The molecule has 0 radical (unpaired) electrons. The minimum Gasteiger partial charge on any atom is -0.369 e. The SMILES string of the molecule is C.NC(=O)CNCC(N)=O. The number of carbonyl (C=O) groups is 2. The Kier molecular flexibility index (Phi) is 7.03. The molecule has 0 spiro atoms. The smallest absolute Gasteiger partial charge is 0.231 e. The minimum absolute atomic E-state index is 0. The lowest BCUT2D eigenvalue weighted by Crippen LogP contribution is -2.35. The molecule has 0 aromatic heterocycles. The molecule has 0 aromatic rings. The Morgan fingerprint density at radius 3 is 1.60 bits per heavy atom. The molecule has 60 valence electrons. The Morgan fingerprint density at radius 1 is 1.10 bits per heavy atom. The first-order chi connectivity index (χ1) is 4.13. The molecule has 0 aliphatic heterocycles. The van der Waals surface area contributed by atoms with E-state index in [9.17, 15) is 9.59 Å². The zero-order chi connectivity index (χ0) is 7.28. The zero-order valence-corrected chi connectivity index (χ0v) is 4.89. The highest BCUT2D eigenvalue weighted by molar-refractivity contribution is 5.79. The fraction of sp³-hybridized carbons (Fsp3) is 0.600. The van der Waals surface area contributed by atoms with Gasteiger partial charge in [-0.3, -0.25) is 14.9 Å². The largest absolute Gasteiger partial charge is 0.369 e. The topological polar surface area (TPSA) is 98.2 Å². The molecule has 10 heavy (non-hydrogen) atoms. The van der Waals surface area contributed by atoms with Gasteiger partial charge in [-0.1, -0.05) is 7.43 Å². The van der Waals surface area contributed by atoms with Crippen LogP contribution < -0.4 is 16.8 Å². The van der Waals surface area contributed by atoms with E-state index < -0.39 is 11.8 Å². The second-order valence-corrected chi connectivity index (χ2v) is 1.54. The van der Waals surface area contributed by atoms with E-state index in [2.05, 4.69) is 5.32 Å². The van der Waals surface area contributed by atoms with Crippen molar-refractivity contribution in [1.82, 2.24) is 5.32 Å². The maximum Gasteiger partial charge on any atom is 0.231 e. The first kappa shape index (κ1) is 11.7. The summed E-state index contributed by atoms with van der Waals surface area (Å²) in [4.78, 5) is 20.0. The van der Waals surface area contributed by atoms with Gasteiger partial charge < -0.3 is 11.5 Å². The number of nitrogens with one attached hydrogen (secondary N) is 1. The van der Waals surface area contributed by atoms with E-state index in [4.69, 9.17) is 11.5 Å². The Morgan fingerprint density at radius 2 is 1.40 bits per heavy atom. The summed E-state index contributed by atoms with van der Waals surface area (Å²) in [6, 6.07) is 0. The molecule has 0 unspecified atom stereocenters. The van der Waals surface area contributed by atoms with Crippen molar-refractivity contribution in [2.75, 3.05) is 13.1 Å². The van der Waals surface area contributed by atoms with E-state index in [1.54, 1.807) is 0 Å². The molecular weight excluding hydrogens is 134 g/mol. The third-order valence-corrected chi connectivity index (χ3v) is 0.598. The standard InChI is InChI=1S/C4H9N3O2.CH4/c5-3(8)1-7-2-4(6)9;/h7H,1-2H2,(H2,5,8)(H2,6,9);1H4. The van der Waals surface area contributed by atoms with Crippen LogP contribution in [0.4, 0.5) is 0 Å². The number of amides is 2. The summed E-state index contributed by atoms with van der Waals surface area (Å²) in [6.45, 7) is -0.0219.